The van der Waals surface area contributed by atoms with Gasteiger partial charge in [-0.1, -0.05) is 31.9 Å². The van der Waals surface area contributed by atoms with Gasteiger partial charge in [0.1, 0.15) is 11.9 Å². The number of benzene rings is 1. The van der Waals surface area contributed by atoms with Gasteiger partial charge in [-0.2, -0.15) is 0 Å². The van der Waals surface area contributed by atoms with Crippen molar-refractivity contribution in [2.24, 2.45) is 11.8 Å². The first-order valence-corrected chi connectivity index (χ1v) is 7.52. The van der Waals surface area contributed by atoms with Gasteiger partial charge in [0.25, 0.3) is 0 Å². The van der Waals surface area contributed by atoms with Gasteiger partial charge in [0.05, 0.1) is 5.38 Å². The van der Waals surface area contributed by atoms with Crippen LogP contribution in [0, 0.1) is 11.8 Å². The van der Waals surface area contributed by atoms with Crippen LogP contribution >= 0.6 is 11.6 Å². The molecule has 2 aliphatic rings. The molecule has 0 N–H and O–H groups in total. The second kappa shape index (κ2) is 4.77. The summed E-state index contributed by atoms with van der Waals surface area (Å²) in [7, 11) is 0. The van der Waals surface area contributed by atoms with Crippen molar-refractivity contribution in [3.63, 3.8) is 0 Å². The number of rotatable bonds is 2. The predicted molar refractivity (Wildman–Crippen MR) is 75.3 cm³/mol. The van der Waals surface area contributed by atoms with Crippen molar-refractivity contribution >= 4 is 11.6 Å². The van der Waals surface area contributed by atoms with Crippen molar-refractivity contribution in [2.45, 2.75) is 51.0 Å². The lowest BCUT2D eigenvalue weighted by molar-refractivity contribution is 0.254. The summed E-state index contributed by atoms with van der Waals surface area (Å²) in [6, 6.07) is 6.52. The van der Waals surface area contributed by atoms with E-state index in [1.807, 2.05) is 0 Å². The highest BCUT2D eigenvalue weighted by Gasteiger charge is 2.31. The Bertz CT molecular complexity index is 443. The Kier molecular flexibility index (Phi) is 3.27. The normalized spacial score (nSPS) is 32.1. The molecule has 1 saturated carbocycles. The molecule has 4 unspecified atom stereocenters. The Hall–Kier alpha value is -0.690. The number of hydrogen-bond acceptors (Lipinski definition) is 1. The summed E-state index contributed by atoms with van der Waals surface area (Å²) in [5.41, 5.74) is 2.61. The van der Waals surface area contributed by atoms with Crippen molar-refractivity contribution in [3.8, 4) is 5.75 Å². The molecular weight excluding hydrogens is 244 g/mol. The van der Waals surface area contributed by atoms with Gasteiger partial charge in [0.15, 0.2) is 0 Å². The fourth-order valence-electron chi connectivity index (χ4n) is 3.47. The van der Waals surface area contributed by atoms with Crippen LogP contribution in [0.5, 0.6) is 5.75 Å². The van der Waals surface area contributed by atoms with Crippen LogP contribution in [0.15, 0.2) is 18.2 Å². The van der Waals surface area contributed by atoms with E-state index < -0.39 is 0 Å². The molecule has 1 heterocycles. The quantitative estimate of drug-likeness (QED) is 0.702. The Balaban J connectivity index is 1.82. The molecule has 0 amide bonds. The molecule has 98 valence electrons. The highest BCUT2D eigenvalue weighted by molar-refractivity contribution is 6.21. The summed E-state index contributed by atoms with van der Waals surface area (Å²) in [6.07, 6.45) is 5.28. The lowest BCUT2D eigenvalue weighted by Crippen LogP contribution is -2.11. The van der Waals surface area contributed by atoms with Crippen LogP contribution in [-0.2, 0) is 6.42 Å². The van der Waals surface area contributed by atoms with E-state index >= 15 is 0 Å². The molecular formula is C16H21ClO. The molecule has 1 fully saturated rings. The maximum absolute atomic E-state index is 6.70. The second-order valence-corrected chi connectivity index (χ2v) is 6.44. The summed E-state index contributed by atoms with van der Waals surface area (Å²) in [5.74, 6) is 2.45. The van der Waals surface area contributed by atoms with Crippen molar-refractivity contribution in [2.75, 3.05) is 0 Å². The second-order valence-electron chi connectivity index (χ2n) is 5.97. The molecule has 1 aliphatic carbocycles. The first-order chi connectivity index (χ1) is 8.65. The van der Waals surface area contributed by atoms with Crippen LogP contribution < -0.4 is 4.74 Å². The van der Waals surface area contributed by atoms with Crippen molar-refractivity contribution < 1.29 is 4.74 Å². The van der Waals surface area contributed by atoms with Crippen molar-refractivity contribution in [1.29, 1.82) is 0 Å². The molecule has 0 spiro atoms. The molecule has 0 aromatic heterocycles. The zero-order chi connectivity index (χ0) is 12.7. The van der Waals surface area contributed by atoms with E-state index in [-0.39, 0.29) is 5.38 Å². The molecule has 0 radical (unpaired) electrons. The lowest BCUT2D eigenvalue weighted by Gasteiger charge is -2.22. The topological polar surface area (TPSA) is 9.23 Å². The predicted octanol–water partition coefficient (Wildman–Crippen LogP) is 4.73. The number of ether oxygens (including phenoxy) is 1. The third kappa shape index (κ3) is 2.14. The standard InChI is InChI=1S/C16H21ClO/c1-10-4-3-5-14(10)16(17)12-6-7-15-13(9-12)8-11(2)18-15/h6-7,9-11,14,16H,3-5,8H2,1-2H3. The van der Waals surface area contributed by atoms with Gasteiger partial charge in [0, 0.05) is 6.42 Å². The van der Waals surface area contributed by atoms with Gasteiger partial charge in [-0.25, -0.2) is 0 Å². The number of halogens is 1. The SMILES string of the molecule is CC1Cc2cc(C(Cl)C3CCCC3C)ccc2O1. The van der Waals surface area contributed by atoms with Gasteiger partial charge in [-0.3, -0.25) is 0 Å². The molecule has 2 heteroatoms. The third-order valence-corrected chi connectivity index (χ3v) is 5.12. The van der Waals surface area contributed by atoms with E-state index in [1.54, 1.807) is 0 Å². The molecule has 3 rings (SSSR count). The Labute approximate surface area is 114 Å². The molecule has 1 aromatic rings. The van der Waals surface area contributed by atoms with Crippen LogP contribution in [0.25, 0.3) is 0 Å². The number of hydrogen-bond donors (Lipinski definition) is 0. The van der Waals surface area contributed by atoms with Gasteiger partial charge in [-0.05, 0) is 42.4 Å². The molecule has 1 nitrogen and oxygen atoms in total. The van der Waals surface area contributed by atoms with E-state index in [2.05, 4.69) is 32.0 Å². The average molecular weight is 265 g/mol. The highest BCUT2D eigenvalue weighted by Crippen LogP contribution is 2.44. The maximum atomic E-state index is 6.70. The van der Waals surface area contributed by atoms with Gasteiger partial charge in [-0.15, -0.1) is 11.6 Å². The zero-order valence-electron chi connectivity index (χ0n) is 11.2. The van der Waals surface area contributed by atoms with Crippen LogP contribution in [-0.4, -0.2) is 6.10 Å². The van der Waals surface area contributed by atoms with Crippen molar-refractivity contribution in [3.05, 3.63) is 29.3 Å². The first-order valence-electron chi connectivity index (χ1n) is 7.08. The summed E-state index contributed by atoms with van der Waals surface area (Å²) in [5, 5.41) is 0.170. The Morgan fingerprint density at radius 3 is 2.83 bits per heavy atom. The minimum atomic E-state index is 0.170. The first kappa shape index (κ1) is 12.3. The molecule has 0 saturated heterocycles. The monoisotopic (exact) mass is 264 g/mol. The Morgan fingerprint density at radius 1 is 1.28 bits per heavy atom. The summed E-state index contributed by atoms with van der Waals surface area (Å²) >= 11 is 6.70. The van der Waals surface area contributed by atoms with Crippen LogP contribution in [0.2, 0.25) is 0 Å². The molecule has 1 aliphatic heterocycles. The zero-order valence-corrected chi connectivity index (χ0v) is 11.9. The summed E-state index contributed by atoms with van der Waals surface area (Å²) in [6.45, 7) is 4.46. The van der Waals surface area contributed by atoms with Crippen LogP contribution in [0.3, 0.4) is 0 Å². The van der Waals surface area contributed by atoms with E-state index in [4.69, 9.17) is 16.3 Å². The molecule has 18 heavy (non-hydrogen) atoms. The van der Waals surface area contributed by atoms with Crippen LogP contribution in [0.1, 0.15) is 49.6 Å². The highest BCUT2D eigenvalue weighted by atomic mass is 35.5. The number of alkyl halides is 1. The van der Waals surface area contributed by atoms with Gasteiger partial charge in [0.2, 0.25) is 0 Å². The Morgan fingerprint density at radius 2 is 2.11 bits per heavy atom. The minimum absolute atomic E-state index is 0.170. The fourth-order valence-corrected chi connectivity index (χ4v) is 3.98. The van der Waals surface area contributed by atoms with E-state index in [0.717, 1.165) is 18.1 Å². The van der Waals surface area contributed by atoms with Crippen molar-refractivity contribution in [1.82, 2.24) is 0 Å². The minimum Gasteiger partial charge on any atom is -0.490 e. The summed E-state index contributed by atoms with van der Waals surface area (Å²) < 4.78 is 5.75. The fraction of sp³-hybridized carbons (Fsp3) is 0.625. The molecule has 1 aromatic carbocycles. The van der Waals surface area contributed by atoms with E-state index in [0.29, 0.717) is 12.0 Å². The van der Waals surface area contributed by atoms with E-state index in [1.165, 1.54) is 30.4 Å². The van der Waals surface area contributed by atoms with E-state index in [9.17, 15) is 0 Å². The summed E-state index contributed by atoms with van der Waals surface area (Å²) in [4.78, 5) is 0. The maximum Gasteiger partial charge on any atom is 0.123 e. The molecule has 0 bridgehead atoms. The number of fused-ring (bicyclic) bond motifs is 1. The largest absolute Gasteiger partial charge is 0.490 e. The van der Waals surface area contributed by atoms with Gasteiger partial charge < -0.3 is 4.74 Å². The smallest absolute Gasteiger partial charge is 0.123 e. The average Bonchev–Trinajstić information content (AvgIpc) is 2.91. The molecule has 4 atom stereocenters. The van der Waals surface area contributed by atoms with Crippen LogP contribution in [0.4, 0.5) is 0 Å². The third-order valence-electron chi connectivity index (χ3n) is 4.54. The van der Waals surface area contributed by atoms with Gasteiger partial charge >= 0.3 is 0 Å². The lowest BCUT2D eigenvalue weighted by atomic mass is 9.89.